The van der Waals surface area contributed by atoms with Crippen molar-refractivity contribution in [2.75, 3.05) is 10.6 Å². The van der Waals surface area contributed by atoms with Gasteiger partial charge >= 0.3 is 0 Å². The van der Waals surface area contributed by atoms with Crippen LogP contribution in [-0.2, 0) is 22.4 Å². The number of benzene rings is 2. The van der Waals surface area contributed by atoms with E-state index >= 15 is 0 Å². The zero-order valence-electron chi connectivity index (χ0n) is 21.3. The van der Waals surface area contributed by atoms with Crippen LogP contribution in [-0.4, -0.2) is 32.2 Å². The summed E-state index contributed by atoms with van der Waals surface area (Å²) in [6.07, 6.45) is 3.96. The summed E-state index contributed by atoms with van der Waals surface area (Å²) >= 11 is 2.75. The second-order valence-corrected chi connectivity index (χ2v) is 11.4. The van der Waals surface area contributed by atoms with Crippen LogP contribution in [0.15, 0.2) is 48.5 Å². The molecule has 1 aliphatic rings. The van der Waals surface area contributed by atoms with Crippen LogP contribution in [0.1, 0.15) is 64.2 Å². The first-order chi connectivity index (χ1) is 19.5. The van der Waals surface area contributed by atoms with Crippen LogP contribution in [0.5, 0.6) is 0 Å². The highest BCUT2D eigenvalue weighted by molar-refractivity contribution is 7.15. The van der Waals surface area contributed by atoms with Crippen molar-refractivity contribution in [2.24, 2.45) is 0 Å². The molecule has 200 valence electrons. The van der Waals surface area contributed by atoms with Crippen LogP contribution in [0.25, 0.3) is 4.85 Å². The molecule has 5 rings (SSSR count). The summed E-state index contributed by atoms with van der Waals surface area (Å²) in [4.78, 5) is 28.6. The van der Waals surface area contributed by atoms with Gasteiger partial charge in [0.2, 0.25) is 22.1 Å². The molecule has 0 radical (unpaired) electrons. The molecule has 40 heavy (non-hydrogen) atoms. The fourth-order valence-electron chi connectivity index (χ4n) is 4.76. The van der Waals surface area contributed by atoms with Gasteiger partial charge in [-0.15, -0.1) is 20.4 Å². The minimum Gasteiger partial charge on any atom is -0.300 e. The lowest BCUT2D eigenvalue weighted by Crippen LogP contribution is -2.15. The van der Waals surface area contributed by atoms with Crippen molar-refractivity contribution in [1.82, 2.24) is 20.4 Å². The van der Waals surface area contributed by atoms with Gasteiger partial charge in [0.15, 0.2) is 5.69 Å². The molecular formula is C28H24N8O2S2. The van der Waals surface area contributed by atoms with Crippen molar-refractivity contribution in [3.8, 4) is 6.07 Å². The number of nitrogens with one attached hydrogen (secondary N) is 2. The van der Waals surface area contributed by atoms with Crippen LogP contribution in [0.4, 0.5) is 16.0 Å². The molecule has 0 unspecified atom stereocenters. The van der Waals surface area contributed by atoms with Crippen LogP contribution in [0.3, 0.4) is 0 Å². The number of carbonyl (C=O) groups is 2. The Bertz CT molecular complexity index is 1500. The molecule has 2 aromatic carbocycles. The third-order valence-corrected chi connectivity index (χ3v) is 8.70. The Morgan fingerprint density at radius 3 is 2.02 bits per heavy atom. The summed E-state index contributed by atoms with van der Waals surface area (Å²) in [6, 6.07) is 16.2. The predicted molar refractivity (Wildman–Crippen MR) is 152 cm³/mol. The Labute approximate surface area is 238 Å². The summed E-state index contributed by atoms with van der Waals surface area (Å²) in [5, 5.41) is 34.6. The minimum absolute atomic E-state index is 0.0894. The monoisotopic (exact) mass is 568 g/mol. The molecule has 2 atom stereocenters. The van der Waals surface area contributed by atoms with Crippen molar-refractivity contribution in [3.63, 3.8) is 0 Å². The van der Waals surface area contributed by atoms with Gasteiger partial charge in [-0.3, -0.25) is 9.59 Å². The Kier molecular flexibility index (Phi) is 8.50. The van der Waals surface area contributed by atoms with Gasteiger partial charge in [-0.1, -0.05) is 71.6 Å². The van der Waals surface area contributed by atoms with Gasteiger partial charge in [0.1, 0.15) is 10.0 Å². The second-order valence-electron chi connectivity index (χ2n) is 9.41. The van der Waals surface area contributed by atoms with E-state index in [9.17, 15) is 14.9 Å². The van der Waals surface area contributed by atoms with Gasteiger partial charge < -0.3 is 10.6 Å². The van der Waals surface area contributed by atoms with Crippen molar-refractivity contribution in [2.45, 2.75) is 50.4 Å². The number of para-hydroxylation sites is 1. The molecule has 2 N–H and O–H groups in total. The fraction of sp³-hybridized carbons (Fsp3) is 0.286. The highest BCUT2D eigenvalue weighted by atomic mass is 32.1. The van der Waals surface area contributed by atoms with Gasteiger partial charge in [0, 0.05) is 18.3 Å². The number of amides is 2. The van der Waals surface area contributed by atoms with Crippen LogP contribution >= 0.6 is 22.7 Å². The van der Waals surface area contributed by atoms with Gasteiger partial charge in [0.05, 0.1) is 24.6 Å². The number of aromatic nitrogens is 4. The first kappa shape index (κ1) is 27.1. The average molecular weight is 569 g/mol. The van der Waals surface area contributed by atoms with E-state index < -0.39 is 0 Å². The van der Waals surface area contributed by atoms with Crippen LogP contribution in [0.2, 0.25) is 0 Å². The number of anilines is 2. The Morgan fingerprint density at radius 1 is 0.875 bits per heavy atom. The average Bonchev–Trinajstić information content (AvgIpc) is 3.63. The lowest BCUT2D eigenvalue weighted by Gasteiger charge is -2.25. The molecule has 0 saturated heterocycles. The molecule has 10 nitrogen and oxygen atoms in total. The SMILES string of the molecule is [C-]#[N+]c1ccccc1CC(=O)Nc1nnc([C@@H]2CCC[C@@H](c3nnc(NC(=O)Cc4ccccc4C#N)s3)C2)s1. The quantitative estimate of drug-likeness (QED) is 0.263. The largest absolute Gasteiger partial charge is 0.300 e. The van der Waals surface area contributed by atoms with E-state index in [1.54, 1.807) is 42.5 Å². The maximum atomic E-state index is 12.6. The standard InChI is InChI=1S/C28H24N8O2S2/c1-30-22-12-5-4-8-18(22)15-24(38)32-28-36-34-26(40-28)20-11-6-10-19(13-20)25-33-35-27(39-25)31-23(37)14-17-7-2-3-9-21(17)16-29/h2-5,7-9,12,19-20H,6,10-11,13-15H2,(H,31,35,37)(H,32,36,38)/t19-,20-/m1/s1. The number of hydrogen-bond donors (Lipinski definition) is 2. The van der Waals surface area contributed by atoms with Crippen molar-refractivity contribution in [1.29, 1.82) is 5.26 Å². The summed E-state index contributed by atoms with van der Waals surface area (Å²) in [5.41, 5.74) is 2.29. The number of nitriles is 1. The molecule has 1 saturated carbocycles. The zero-order chi connectivity index (χ0) is 27.9. The fourth-order valence-corrected chi connectivity index (χ4v) is 6.58. The second kappa shape index (κ2) is 12.6. The van der Waals surface area contributed by atoms with Crippen LogP contribution in [0, 0.1) is 17.9 Å². The molecular weight excluding hydrogens is 544 g/mol. The third kappa shape index (κ3) is 6.54. The van der Waals surface area contributed by atoms with Gasteiger partial charge in [-0.25, -0.2) is 4.85 Å². The Hall–Kier alpha value is -4.52. The first-order valence-electron chi connectivity index (χ1n) is 12.7. The molecule has 2 amide bonds. The summed E-state index contributed by atoms with van der Waals surface area (Å²) in [6.45, 7) is 7.27. The number of rotatable bonds is 8. The van der Waals surface area contributed by atoms with E-state index in [2.05, 4.69) is 41.9 Å². The van der Waals surface area contributed by atoms with Gasteiger partial charge in [0.25, 0.3) is 0 Å². The van der Waals surface area contributed by atoms with E-state index in [0.717, 1.165) is 35.7 Å². The van der Waals surface area contributed by atoms with E-state index in [1.165, 1.54) is 22.7 Å². The topological polar surface area (TPSA) is 138 Å². The normalized spacial score (nSPS) is 16.4. The van der Waals surface area contributed by atoms with Crippen LogP contribution < -0.4 is 10.6 Å². The van der Waals surface area contributed by atoms with Gasteiger partial charge in [-0.05, 0) is 36.5 Å². The van der Waals surface area contributed by atoms with E-state index in [1.807, 2.05) is 6.07 Å². The molecule has 12 heteroatoms. The minimum atomic E-state index is -0.243. The van der Waals surface area contributed by atoms with Crippen molar-refractivity contribution in [3.05, 3.63) is 86.7 Å². The lowest BCUT2D eigenvalue weighted by atomic mass is 9.82. The Balaban J connectivity index is 1.17. The number of hydrogen-bond acceptors (Lipinski definition) is 9. The summed E-state index contributed by atoms with van der Waals surface area (Å²) < 4.78 is 0. The molecule has 1 aliphatic carbocycles. The molecule has 2 heterocycles. The Morgan fingerprint density at radius 2 is 1.43 bits per heavy atom. The predicted octanol–water partition coefficient (Wildman–Crippen LogP) is 5.62. The van der Waals surface area contributed by atoms with E-state index in [4.69, 9.17) is 6.57 Å². The highest BCUT2D eigenvalue weighted by Crippen LogP contribution is 2.43. The maximum Gasteiger partial charge on any atom is 0.230 e. The van der Waals surface area contributed by atoms with E-state index in [0.29, 0.717) is 32.6 Å². The molecule has 0 spiro atoms. The maximum absolute atomic E-state index is 12.6. The molecule has 2 aromatic heterocycles. The third-order valence-electron chi connectivity index (χ3n) is 6.70. The first-order valence-corrected chi connectivity index (χ1v) is 14.4. The zero-order valence-corrected chi connectivity index (χ0v) is 23.0. The molecule has 1 fully saturated rings. The summed E-state index contributed by atoms with van der Waals surface area (Å²) in [5.74, 6) is -0.102. The number of nitrogens with zero attached hydrogens (tertiary/aromatic N) is 6. The van der Waals surface area contributed by atoms with Crippen molar-refractivity contribution < 1.29 is 9.59 Å². The smallest absolute Gasteiger partial charge is 0.230 e. The number of carbonyl (C=O) groups excluding carboxylic acids is 2. The van der Waals surface area contributed by atoms with Crippen molar-refractivity contribution >= 4 is 50.4 Å². The molecule has 0 aliphatic heterocycles. The molecule has 0 bridgehead atoms. The summed E-state index contributed by atoms with van der Waals surface area (Å²) in [7, 11) is 0. The highest BCUT2D eigenvalue weighted by Gasteiger charge is 2.29. The van der Waals surface area contributed by atoms with Gasteiger partial charge in [-0.2, -0.15) is 5.26 Å². The lowest BCUT2D eigenvalue weighted by molar-refractivity contribution is -0.116. The van der Waals surface area contributed by atoms with E-state index in [-0.39, 0.29) is 36.5 Å². The molecule has 4 aromatic rings.